The van der Waals surface area contributed by atoms with Crippen LogP contribution in [0.5, 0.6) is 0 Å². The minimum absolute atomic E-state index is 0.00353. The topological polar surface area (TPSA) is 84.0 Å². The van der Waals surface area contributed by atoms with Crippen LogP contribution in [0.1, 0.15) is 44.6 Å². The van der Waals surface area contributed by atoms with Crippen LogP contribution in [-0.4, -0.2) is 21.7 Å². The second-order valence-corrected chi connectivity index (χ2v) is 6.70. The zero-order valence-corrected chi connectivity index (χ0v) is 16.3. The molecule has 0 aliphatic heterocycles. The molecule has 3 aromatic rings. The predicted molar refractivity (Wildman–Crippen MR) is 110 cm³/mol. The van der Waals surface area contributed by atoms with Gasteiger partial charge in [0.25, 0.3) is 5.91 Å². The molecule has 2 N–H and O–H groups in total. The molecule has 0 aliphatic rings. The van der Waals surface area contributed by atoms with E-state index >= 15 is 0 Å². The molecule has 0 saturated heterocycles. The van der Waals surface area contributed by atoms with E-state index in [-0.39, 0.29) is 17.4 Å². The molecule has 6 nitrogen and oxygen atoms in total. The first-order chi connectivity index (χ1) is 13.3. The number of nitrogens with zero attached hydrogens (tertiary/aromatic N) is 2. The van der Waals surface area contributed by atoms with Crippen LogP contribution in [-0.2, 0) is 0 Å². The van der Waals surface area contributed by atoms with E-state index in [1.165, 1.54) is 6.92 Å². The Balaban J connectivity index is 1.82. The second kappa shape index (κ2) is 8.00. The number of Topliss-reactive ketones (excluding diaryl/α,β-unsaturated/α-hetero) is 1. The van der Waals surface area contributed by atoms with Crippen molar-refractivity contribution < 1.29 is 9.59 Å². The molecule has 142 valence electrons. The van der Waals surface area contributed by atoms with Crippen LogP contribution in [0.25, 0.3) is 0 Å². The van der Waals surface area contributed by atoms with Gasteiger partial charge in [-0.25, -0.2) is 9.97 Å². The Morgan fingerprint density at radius 1 is 0.893 bits per heavy atom. The lowest BCUT2D eigenvalue weighted by Crippen LogP contribution is -2.17. The molecule has 0 bridgehead atoms. The van der Waals surface area contributed by atoms with Gasteiger partial charge in [0, 0.05) is 22.6 Å². The second-order valence-electron chi connectivity index (χ2n) is 6.70. The molecular weight excluding hydrogens is 352 g/mol. The van der Waals surface area contributed by atoms with Gasteiger partial charge in [-0.05, 0) is 69.2 Å². The molecule has 1 amide bonds. The van der Waals surface area contributed by atoms with E-state index in [4.69, 9.17) is 0 Å². The third-order valence-corrected chi connectivity index (χ3v) is 4.35. The van der Waals surface area contributed by atoms with Gasteiger partial charge in [0.05, 0.1) is 0 Å². The molecule has 1 heterocycles. The monoisotopic (exact) mass is 374 g/mol. The van der Waals surface area contributed by atoms with Crippen LogP contribution in [0, 0.1) is 20.8 Å². The highest BCUT2D eigenvalue weighted by Gasteiger charge is 2.13. The van der Waals surface area contributed by atoms with Crippen LogP contribution in [0.15, 0.2) is 48.5 Å². The molecule has 0 saturated carbocycles. The highest BCUT2D eigenvalue weighted by Crippen LogP contribution is 2.21. The molecule has 0 aliphatic carbocycles. The number of amides is 1. The maximum atomic E-state index is 12.7. The fraction of sp³-hybridized carbons (Fsp3) is 0.182. The predicted octanol–water partition coefficient (Wildman–Crippen LogP) is 4.60. The highest BCUT2D eigenvalue weighted by atomic mass is 16.2. The third kappa shape index (κ3) is 4.40. The first kappa shape index (κ1) is 19.2. The Bertz CT molecular complexity index is 1020. The van der Waals surface area contributed by atoms with Crippen LogP contribution in [0.2, 0.25) is 0 Å². The van der Waals surface area contributed by atoms with E-state index in [9.17, 15) is 9.59 Å². The summed E-state index contributed by atoms with van der Waals surface area (Å²) in [6.07, 6.45) is 0. The summed E-state index contributed by atoms with van der Waals surface area (Å²) in [5.74, 6) is 0.0314. The lowest BCUT2D eigenvalue weighted by Gasteiger charge is -2.12. The number of hydrogen-bond acceptors (Lipinski definition) is 5. The summed E-state index contributed by atoms with van der Waals surface area (Å²) in [6, 6.07) is 14.5. The van der Waals surface area contributed by atoms with E-state index in [0.29, 0.717) is 17.2 Å². The molecule has 2 aromatic carbocycles. The number of para-hydroxylation sites is 1. The Labute approximate surface area is 164 Å². The van der Waals surface area contributed by atoms with Crippen molar-refractivity contribution in [2.45, 2.75) is 27.7 Å². The van der Waals surface area contributed by atoms with Crippen LogP contribution >= 0.6 is 0 Å². The number of hydrogen-bond donors (Lipinski definition) is 2. The number of carbonyl (C=O) groups is 2. The number of rotatable bonds is 5. The summed E-state index contributed by atoms with van der Waals surface area (Å²) in [6.45, 7) is 7.23. The fourth-order valence-corrected chi connectivity index (χ4v) is 2.85. The molecular formula is C22H22N4O2. The number of nitrogens with one attached hydrogen (secondary N) is 2. The van der Waals surface area contributed by atoms with E-state index in [1.807, 2.05) is 39.0 Å². The quantitative estimate of drug-likeness (QED) is 0.638. The molecule has 3 rings (SSSR count). The van der Waals surface area contributed by atoms with E-state index in [2.05, 4.69) is 20.6 Å². The van der Waals surface area contributed by atoms with Gasteiger partial charge < -0.3 is 10.6 Å². The summed E-state index contributed by atoms with van der Waals surface area (Å²) >= 11 is 0. The van der Waals surface area contributed by atoms with Crippen LogP contribution in [0.4, 0.5) is 17.3 Å². The zero-order valence-electron chi connectivity index (χ0n) is 16.3. The lowest BCUT2D eigenvalue weighted by atomic mass is 10.1. The van der Waals surface area contributed by atoms with Crippen LogP contribution < -0.4 is 10.6 Å². The Morgan fingerprint density at radius 2 is 1.54 bits per heavy atom. The van der Waals surface area contributed by atoms with E-state index in [1.54, 1.807) is 30.3 Å². The summed E-state index contributed by atoms with van der Waals surface area (Å²) < 4.78 is 0. The van der Waals surface area contributed by atoms with Crippen molar-refractivity contribution in [2.24, 2.45) is 0 Å². The van der Waals surface area contributed by atoms with Crippen molar-refractivity contribution in [1.82, 2.24) is 9.97 Å². The Hall–Kier alpha value is -3.54. The van der Waals surface area contributed by atoms with Gasteiger partial charge >= 0.3 is 0 Å². The largest absolute Gasteiger partial charge is 0.324 e. The van der Waals surface area contributed by atoms with Gasteiger partial charge in [0.2, 0.25) is 5.95 Å². The van der Waals surface area contributed by atoms with Gasteiger partial charge in [0.1, 0.15) is 5.69 Å². The average Bonchev–Trinajstić information content (AvgIpc) is 2.64. The zero-order chi connectivity index (χ0) is 20.3. The molecule has 28 heavy (non-hydrogen) atoms. The highest BCUT2D eigenvalue weighted by molar-refractivity contribution is 6.04. The summed E-state index contributed by atoms with van der Waals surface area (Å²) in [7, 11) is 0. The average molecular weight is 374 g/mol. The Kier molecular flexibility index (Phi) is 5.49. The van der Waals surface area contributed by atoms with Crippen molar-refractivity contribution >= 4 is 29.0 Å². The number of ketones is 1. The summed E-state index contributed by atoms with van der Waals surface area (Å²) in [5, 5.41) is 6.02. The molecule has 0 fully saturated rings. The maximum Gasteiger partial charge on any atom is 0.274 e. The molecule has 1 aromatic heterocycles. The normalized spacial score (nSPS) is 10.4. The fourth-order valence-electron chi connectivity index (χ4n) is 2.85. The number of benzene rings is 2. The minimum atomic E-state index is -0.294. The smallest absolute Gasteiger partial charge is 0.274 e. The van der Waals surface area contributed by atoms with Gasteiger partial charge in [-0.3, -0.25) is 9.59 Å². The minimum Gasteiger partial charge on any atom is -0.324 e. The van der Waals surface area contributed by atoms with Crippen molar-refractivity contribution in [2.75, 3.05) is 10.6 Å². The van der Waals surface area contributed by atoms with Crippen molar-refractivity contribution in [3.63, 3.8) is 0 Å². The van der Waals surface area contributed by atoms with Gasteiger partial charge in [-0.1, -0.05) is 18.2 Å². The van der Waals surface area contributed by atoms with Crippen molar-refractivity contribution in [3.05, 3.63) is 76.6 Å². The van der Waals surface area contributed by atoms with Crippen molar-refractivity contribution in [3.8, 4) is 0 Å². The standard InChI is InChI=1S/C22H22N4O2/c1-13-6-5-7-14(2)20(13)26-21(28)19-12-15(3)23-22(25-19)24-18-10-8-17(9-11-18)16(4)27/h5-12H,1-4H3,(H,26,28)(H,23,24,25). The van der Waals surface area contributed by atoms with Crippen molar-refractivity contribution in [1.29, 1.82) is 0 Å². The first-order valence-electron chi connectivity index (χ1n) is 8.95. The van der Waals surface area contributed by atoms with Gasteiger partial charge in [-0.15, -0.1) is 0 Å². The summed E-state index contributed by atoms with van der Waals surface area (Å²) in [4.78, 5) is 32.8. The maximum absolute atomic E-state index is 12.7. The van der Waals surface area contributed by atoms with Gasteiger partial charge in [0.15, 0.2) is 5.78 Å². The number of anilines is 3. The molecule has 0 radical (unpaired) electrons. The molecule has 6 heteroatoms. The first-order valence-corrected chi connectivity index (χ1v) is 8.95. The molecule has 0 spiro atoms. The Morgan fingerprint density at radius 3 is 2.14 bits per heavy atom. The van der Waals surface area contributed by atoms with Gasteiger partial charge in [-0.2, -0.15) is 0 Å². The molecule has 0 unspecified atom stereocenters. The lowest BCUT2D eigenvalue weighted by molar-refractivity contribution is 0.101. The summed E-state index contributed by atoms with van der Waals surface area (Å²) in [5.41, 5.74) is 5.08. The number of aromatic nitrogens is 2. The third-order valence-electron chi connectivity index (χ3n) is 4.35. The van der Waals surface area contributed by atoms with E-state index < -0.39 is 0 Å². The number of carbonyl (C=O) groups excluding carboxylic acids is 2. The molecule has 0 atom stereocenters. The van der Waals surface area contributed by atoms with Crippen LogP contribution in [0.3, 0.4) is 0 Å². The SMILES string of the molecule is CC(=O)c1ccc(Nc2nc(C)cc(C(=O)Nc3c(C)cccc3C)n2)cc1. The van der Waals surface area contributed by atoms with E-state index in [0.717, 1.165) is 22.5 Å². The number of aryl methyl sites for hydroxylation is 3.